The van der Waals surface area contributed by atoms with Crippen LogP contribution in [0.5, 0.6) is 5.75 Å². The van der Waals surface area contributed by atoms with E-state index < -0.39 is 0 Å². The fourth-order valence-corrected chi connectivity index (χ4v) is 2.50. The number of aliphatic hydroxyl groups is 2. The highest BCUT2D eigenvalue weighted by atomic mass is 16.6. The summed E-state index contributed by atoms with van der Waals surface area (Å²) in [5.41, 5.74) is 1.13. The molecule has 0 spiro atoms. The van der Waals surface area contributed by atoms with E-state index >= 15 is 0 Å². The second kappa shape index (κ2) is 14.4. The fraction of sp³-hybridized carbons (Fsp3) is 0.682. The van der Waals surface area contributed by atoms with Crippen LogP contribution < -0.4 is 4.74 Å². The third-order valence-corrected chi connectivity index (χ3v) is 4.99. The van der Waals surface area contributed by atoms with Crippen molar-refractivity contribution in [3.8, 4) is 5.75 Å². The number of carbonyl (C=O) groups excluding carboxylic acids is 1. The third kappa shape index (κ3) is 9.53. The third-order valence-electron chi connectivity index (χ3n) is 4.99. The van der Waals surface area contributed by atoms with Crippen LogP contribution >= 0.6 is 0 Å². The van der Waals surface area contributed by atoms with Crippen LogP contribution in [0.15, 0.2) is 24.3 Å². The number of hydrogen-bond donors (Lipinski definition) is 2. The molecule has 0 bridgehead atoms. The Bertz CT molecular complexity index is 547. The lowest BCUT2D eigenvalue weighted by molar-refractivity contribution is 0.0584. The summed E-state index contributed by atoms with van der Waals surface area (Å²) in [6.07, 6.45) is 2.01. The SMILES string of the molecule is CCCC(O)C(CC)CO.CCN(C)C(=O)Oc1cccc([C@H](C)N(C)C)c1. The van der Waals surface area contributed by atoms with Crippen LogP contribution in [0.2, 0.25) is 0 Å². The zero-order chi connectivity index (χ0) is 21.7. The number of rotatable bonds is 9. The number of aliphatic hydroxyl groups excluding tert-OH is 2. The molecule has 0 aliphatic carbocycles. The molecule has 0 fully saturated rings. The van der Waals surface area contributed by atoms with Crippen molar-refractivity contribution in [3.63, 3.8) is 0 Å². The van der Waals surface area contributed by atoms with Crippen LogP contribution in [0.4, 0.5) is 4.79 Å². The molecule has 28 heavy (non-hydrogen) atoms. The Morgan fingerprint density at radius 2 is 1.82 bits per heavy atom. The van der Waals surface area contributed by atoms with Gasteiger partial charge >= 0.3 is 6.09 Å². The molecule has 1 aromatic carbocycles. The highest BCUT2D eigenvalue weighted by Crippen LogP contribution is 2.22. The van der Waals surface area contributed by atoms with Crippen molar-refractivity contribution in [3.05, 3.63) is 29.8 Å². The Hall–Kier alpha value is -1.63. The Kier molecular flexibility index (Phi) is 13.5. The molecule has 3 atom stereocenters. The van der Waals surface area contributed by atoms with Gasteiger partial charge in [0.05, 0.1) is 6.10 Å². The maximum atomic E-state index is 11.7. The molecule has 162 valence electrons. The van der Waals surface area contributed by atoms with Crippen LogP contribution in [-0.4, -0.2) is 66.5 Å². The van der Waals surface area contributed by atoms with Crippen LogP contribution in [0.1, 0.15) is 58.6 Å². The van der Waals surface area contributed by atoms with Gasteiger partial charge in [0, 0.05) is 32.2 Å². The van der Waals surface area contributed by atoms with Crippen molar-refractivity contribution in [2.45, 2.75) is 59.1 Å². The van der Waals surface area contributed by atoms with Gasteiger partial charge in [0.25, 0.3) is 0 Å². The van der Waals surface area contributed by atoms with Gasteiger partial charge < -0.3 is 24.7 Å². The first-order valence-corrected chi connectivity index (χ1v) is 10.2. The monoisotopic (exact) mass is 396 g/mol. The molecule has 0 saturated heterocycles. The second-order valence-corrected chi connectivity index (χ2v) is 7.30. The van der Waals surface area contributed by atoms with Gasteiger partial charge in [-0.25, -0.2) is 4.79 Å². The van der Waals surface area contributed by atoms with E-state index in [-0.39, 0.29) is 30.8 Å². The first-order valence-electron chi connectivity index (χ1n) is 10.2. The average Bonchev–Trinajstić information content (AvgIpc) is 2.68. The van der Waals surface area contributed by atoms with Crippen molar-refractivity contribution < 1.29 is 19.7 Å². The molecule has 1 amide bonds. The Morgan fingerprint density at radius 1 is 1.18 bits per heavy atom. The zero-order valence-electron chi connectivity index (χ0n) is 18.7. The highest BCUT2D eigenvalue weighted by Gasteiger charge is 2.14. The summed E-state index contributed by atoms with van der Waals surface area (Å²) in [6.45, 7) is 8.78. The number of carbonyl (C=O) groups is 1. The van der Waals surface area contributed by atoms with E-state index in [1.807, 2.05) is 53.1 Å². The summed E-state index contributed by atoms with van der Waals surface area (Å²) in [4.78, 5) is 15.3. The molecule has 0 aliphatic rings. The molecule has 2 N–H and O–H groups in total. The lowest BCUT2D eigenvalue weighted by atomic mass is 9.97. The second-order valence-electron chi connectivity index (χ2n) is 7.30. The minimum Gasteiger partial charge on any atom is -0.410 e. The molecule has 0 heterocycles. The molecular weight excluding hydrogens is 356 g/mol. The van der Waals surface area contributed by atoms with E-state index in [1.54, 1.807) is 13.1 Å². The number of nitrogens with zero attached hydrogens (tertiary/aromatic N) is 2. The average molecular weight is 397 g/mol. The quantitative estimate of drug-likeness (QED) is 0.662. The van der Waals surface area contributed by atoms with Crippen molar-refractivity contribution in [2.24, 2.45) is 5.92 Å². The zero-order valence-corrected chi connectivity index (χ0v) is 18.7. The summed E-state index contributed by atoms with van der Waals surface area (Å²) in [5.74, 6) is 0.673. The molecule has 0 saturated carbocycles. The van der Waals surface area contributed by atoms with E-state index in [0.717, 1.165) is 24.8 Å². The highest BCUT2D eigenvalue weighted by molar-refractivity contribution is 5.70. The minimum absolute atomic E-state index is 0.0833. The van der Waals surface area contributed by atoms with Crippen LogP contribution in [0.3, 0.4) is 0 Å². The predicted octanol–water partition coefficient (Wildman–Crippen LogP) is 3.93. The predicted molar refractivity (Wildman–Crippen MR) is 115 cm³/mol. The van der Waals surface area contributed by atoms with Gasteiger partial charge in [-0.15, -0.1) is 0 Å². The largest absolute Gasteiger partial charge is 0.414 e. The standard InChI is InChI=1S/C14H22N2O2.C8H18O2/c1-6-16(5)14(17)18-13-9-7-8-12(10-13)11(2)15(3)4;1-3-5-8(10)7(4-2)6-9/h7-11H,6H2,1-5H3;7-10H,3-6H2,1-2H3/t11-;/m0./s1. The first-order chi connectivity index (χ1) is 13.2. The van der Waals surface area contributed by atoms with Crippen LogP contribution in [-0.2, 0) is 0 Å². The Morgan fingerprint density at radius 3 is 2.29 bits per heavy atom. The van der Waals surface area contributed by atoms with E-state index in [2.05, 4.69) is 11.8 Å². The van der Waals surface area contributed by atoms with E-state index in [1.165, 1.54) is 4.90 Å². The number of hydrogen-bond acceptors (Lipinski definition) is 5. The van der Waals surface area contributed by atoms with Gasteiger partial charge in [-0.2, -0.15) is 0 Å². The van der Waals surface area contributed by atoms with Gasteiger partial charge in [-0.05, 0) is 58.5 Å². The van der Waals surface area contributed by atoms with Crippen molar-refractivity contribution in [1.29, 1.82) is 0 Å². The molecule has 1 aromatic rings. The first kappa shape index (κ1) is 26.4. The summed E-state index contributed by atoms with van der Waals surface area (Å²) < 4.78 is 5.31. The van der Waals surface area contributed by atoms with E-state index in [4.69, 9.17) is 9.84 Å². The Labute approximate surface area is 171 Å². The Balaban J connectivity index is 0.000000621. The maximum Gasteiger partial charge on any atom is 0.414 e. The maximum absolute atomic E-state index is 11.7. The smallest absolute Gasteiger partial charge is 0.410 e. The number of ether oxygens (including phenoxy) is 1. The molecule has 6 nitrogen and oxygen atoms in total. The summed E-state index contributed by atoms with van der Waals surface area (Å²) in [6, 6.07) is 7.93. The van der Waals surface area contributed by atoms with E-state index in [9.17, 15) is 9.90 Å². The summed E-state index contributed by atoms with van der Waals surface area (Å²) >= 11 is 0. The summed E-state index contributed by atoms with van der Waals surface area (Å²) in [7, 11) is 5.76. The normalized spacial score (nSPS) is 13.9. The van der Waals surface area contributed by atoms with Gasteiger partial charge in [0.15, 0.2) is 0 Å². The molecule has 2 unspecified atom stereocenters. The van der Waals surface area contributed by atoms with E-state index in [0.29, 0.717) is 12.3 Å². The lowest BCUT2D eigenvalue weighted by Gasteiger charge is -2.21. The molecule has 1 rings (SSSR count). The number of amides is 1. The number of benzene rings is 1. The molecule has 0 aromatic heterocycles. The summed E-state index contributed by atoms with van der Waals surface area (Å²) in [5, 5.41) is 18.1. The molecule has 0 aliphatic heterocycles. The van der Waals surface area contributed by atoms with Crippen LogP contribution in [0.25, 0.3) is 0 Å². The van der Waals surface area contributed by atoms with Crippen molar-refractivity contribution in [2.75, 3.05) is 34.3 Å². The van der Waals surface area contributed by atoms with Crippen molar-refractivity contribution >= 4 is 6.09 Å². The van der Waals surface area contributed by atoms with Gasteiger partial charge in [-0.1, -0.05) is 32.4 Å². The topological polar surface area (TPSA) is 73.2 Å². The fourth-order valence-electron chi connectivity index (χ4n) is 2.50. The minimum atomic E-state index is -0.327. The molecular formula is C22H40N2O4. The van der Waals surface area contributed by atoms with Gasteiger partial charge in [0.2, 0.25) is 0 Å². The van der Waals surface area contributed by atoms with Gasteiger partial charge in [0.1, 0.15) is 5.75 Å². The van der Waals surface area contributed by atoms with Crippen molar-refractivity contribution in [1.82, 2.24) is 9.80 Å². The lowest BCUT2D eigenvalue weighted by Crippen LogP contribution is -2.29. The molecule has 0 radical (unpaired) electrons. The van der Waals surface area contributed by atoms with Crippen LogP contribution in [0, 0.1) is 5.92 Å². The molecule has 6 heteroatoms. The van der Waals surface area contributed by atoms with Gasteiger partial charge in [-0.3, -0.25) is 0 Å².